The number of carbonyl (C=O) groups excluding carboxylic acids is 2. The van der Waals surface area contributed by atoms with E-state index in [-0.39, 0.29) is 17.7 Å². The van der Waals surface area contributed by atoms with Crippen LogP contribution in [0.1, 0.15) is 12.8 Å². The van der Waals surface area contributed by atoms with Crippen LogP contribution in [0.2, 0.25) is 0 Å². The average molecular weight is 325 g/mol. The highest BCUT2D eigenvalue weighted by Gasteiger charge is 2.29. The van der Waals surface area contributed by atoms with Crippen LogP contribution in [0.15, 0.2) is 0 Å². The molecule has 0 saturated carbocycles. The van der Waals surface area contributed by atoms with Gasteiger partial charge in [-0.25, -0.2) is 0 Å². The Morgan fingerprint density at radius 2 is 1.70 bits per heavy atom. The SMILES string of the molecule is O=C(CN1CCCN(C(=O)C2CCOC2)CC1)N1CCOCC1. The molecule has 7 heteroatoms. The molecule has 0 aliphatic carbocycles. The van der Waals surface area contributed by atoms with E-state index in [1.54, 1.807) is 0 Å². The van der Waals surface area contributed by atoms with E-state index in [4.69, 9.17) is 9.47 Å². The fraction of sp³-hybridized carbons (Fsp3) is 0.875. The summed E-state index contributed by atoms with van der Waals surface area (Å²) in [6, 6.07) is 0. The molecule has 3 fully saturated rings. The van der Waals surface area contributed by atoms with Crippen molar-refractivity contribution in [2.45, 2.75) is 12.8 Å². The fourth-order valence-corrected chi connectivity index (χ4v) is 3.44. The van der Waals surface area contributed by atoms with Gasteiger partial charge < -0.3 is 19.3 Å². The summed E-state index contributed by atoms with van der Waals surface area (Å²) < 4.78 is 10.6. The first kappa shape index (κ1) is 16.7. The lowest BCUT2D eigenvalue weighted by molar-refractivity contribution is -0.136. The van der Waals surface area contributed by atoms with Crippen molar-refractivity contribution in [2.24, 2.45) is 5.92 Å². The number of amides is 2. The van der Waals surface area contributed by atoms with Crippen molar-refractivity contribution in [3.63, 3.8) is 0 Å². The van der Waals surface area contributed by atoms with Crippen molar-refractivity contribution in [3.8, 4) is 0 Å². The molecule has 3 rings (SSSR count). The van der Waals surface area contributed by atoms with Crippen LogP contribution in [0.25, 0.3) is 0 Å². The average Bonchev–Trinajstić information content (AvgIpc) is 3.02. The summed E-state index contributed by atoms with van der Waals surface area (Å²) in [6.07, 6.45) is 1.77. The van der Waals surface area contributed by atoms with Crippen molar-refractivity contribution in [1.29, 1.82) is 0 Å². The van der Waals surface area contributed by atoms with Gasteiger partial charge in [-0.15, -0.1) is 0 Å². The molecule has 0 N–H and O–H groups in total. The normalized spacial score (nSPS) is 27.0. The maximum Gasteiger partial charge on any atom is 0.236 e. The third-order valence-corrected chi connectivity index (χ3v) is 4.90. The summed E-state index contributed by atoms with van der Waals surface area (Å²) in [5.74, 6) is 0.442. The van der Waals surface area contributed by atoms with Crippen molar-refractivity contribution < 1.29 is 19.1 Å². The molecule has 3 aliphatic rings. The molecule has 0 radical (unpaired) electrons. The number of nitrogens with zero attached hydrogens (tertiary/aromatic N) is 3. The highest BCUT2D eigenvalue weighted by molar-refractivity contribution is 5.79. The van der Waals surface area contributed by atoms with Gasteiger partial charge in [-0.2, -0.15) is 0 Å². The smallest absolute Gasteiger partial charge is 0.236 e. The zero-order valence-corrected chi connectivity index (χ0v) is 13.7. The molecule has 0 aromatic rings. The Balaban J connectivity index is 1.46. The van der Waals surface area contributed by atoms with Gasteiger partial charge in [0.25, 0.3) is 0 Å². The largest absolute Gasteiger partial charge is 0.381 e. The van der Waals surface area contributed by atoms with Crippen LogP contribution in [0.3, 0.4) is 0 Å². The summed E-state index contributed by atoms with van der Waals surface area (Å²) >= 11 is 0. The number of hydrogen-bond acceptors (Lipinski definition) is 5. The van der Waals surface area contributed by atoms with Crippen LogP contribution in [0, 0.1) is 5.92 Å². The maximum absolute atomic E-state index is 12.5. The first-order valence-electron chi connectivity index (χ1n) is 8.68. The van der Waals surface area contributed by atoms with Gasteiger partial charge in [0.15, 0.2) is 0 Å². The molecular formula is C16H27N3O4. The summed E-state index contributed by atoms with van der Waals surface area (Å²) in [7, 11) is 0. The Bertz CT molecular complexity index is 420. The zero-order valence-electron chi connectivity index (χ0n) is 13.7. The molecule has 0 bridgehead atoms. The van der Waals surface area contributed by atoms with E-state index in [0.29, 0.717) is 52.6 Å². The van der Waals surface area contributed by atoms with E-state index in [9.17, 15) is 9.59 Å². The molecule has 130 valence electrons. The first-order chi connectivity index (χ1) is 11.2. The molecule has 1 unspecified atom stereocenters. The lowest BCUT2D eigenvalue weighted by Gasteiger charge is -2.29. The summed E-state index contributed by atoms with van der Waals surface area (Å²) in [5.41, 5.74) is 0. The van der Waals surface area contributed by atoms with Gasteiger partial charge in [0, 0.05) is 45.9 Å². The Kier molecular flexibility index (Phi) is 5.85. The van der Waals surface area contributed by atoms with Gasteiger partial charge in [0.1, 0.15) is 0 Å². The standard InChI is InChI=1S/C16H27N3O4/c20-15(18-7-10-22-11-8-18)12-17-3-1-4-19(6-5-17)16(21)14-2-9-23-13-14/h14H,1-13H2. The predicted molar refractivity (Wildman–Crippen MR) is 84.0 cm³/mol. The van der Waals surface area contributed by atoms with Gasteiger partial charge >= 0.3 is 0 Å². The minimum atomic E-state index is 0.0385. The maximum atomic E-state index is 12.5. The van der Waals surface area contributed by atoms with Crippen LogP contribution in [-0.4, -0.2) is 98.8 Å². The van der Waals surface area contributed by atoms with E-state index in [1.165, 1.54) is 0 Å². The molecule has 1 atom stereocenters. The fourth-order valence-electron chi connectivity index (χ4n) is 3.44. The van der Waals surface area contributed by atoms with Crippen molar-refractivity contribution in [2.75, 3.05) is 72.2 Å². The van der Waals surface area contributed by atoms with E-state index < -0.39 is 0 Å². The van der Waals surface area contributed by atoms with Gasteiger partial charge in [0.2, 0.25) is 11.8 Å². The highest BCUT2D eigenvalue weighted by Crippen LogP contribution is 2.17. The number of morpholine rings is 1. The summed E-state index contributed by atoms with van der Waals surface area (Å²) in [4.78, 5) is 30.8. The summed E-state index contributed by atoms with van der Waals surface area (Å²) in [5, 5.41) is 0. The van der Waals surface area contributed by atoms with Crippen LogP contribution < -0.4 is 0 Å². The molecule has 0 aromatic carbocycles. The molecule has 0 spiro atoms. The van der Waals surface area contributed by atoms with Crippen LogP contribution in [-0.2, 0) is 19.1 Å². The third kappa shape index (κ3) is 4.43. The molecule has 3 aliphatic heterocycles. The molecule has 3 saturated heterocycles. The van der Waals surface area contributed by atoms with E-state index in [0.717, 1.165) is 32.5 Å². The molecule has 7 nitrogen and oxygen atoms in total. The lowest BCUT2D eigenvalue weighted by Crippen LogP contribution is -2.46. The minimum absolute atomic E-state index is 0.0385. The van der Waals surface area contributed by atoms with Gasteiger partial charge in [0.05, 0.1) is 32.3 Å². The molecule has 2 amide bonds. The topological polar surface area (TPSA) is 62.3 Å². The molecular weight excluding hydrogens is 298 g/mol. The lowest BCUT2D eigenvalue weighted by atomic mass is 10.1. The van der Waals surface area contributed by atoms with Gasteiger partial charge in [-0.1, -0.05) is 0 Å². The third-order valence-electron chi connectivity index (χ3n) is 4.90. The van der Waals surface area contributed by atoms with E-state index in [1.807, 2.05) is 9.80 Å². The molecule has 0 aromatic heterocycles. The van der Waals surface area contributed by atoms with Crippen molar-refractivity contribution >= 4 is 11.8 Å². The quantitative estimate of drug-likeness (QED) is 0.694. The molecule has 23 heavy (non-hydrogen) atoms. The highest BCUT2D eigenvalue weighted by atomic mass is 16.5. The summed E-state index contributed by atoms with van der Waals surface area (Å²) in [6.45, 7) is 7.53. The van der Waals surface area contributed by atoms with Crippen LogP contribution in [0.4, 0.5) is 0 Å². The van der Waals surface area contributed by atoms with E-state index >= 15 is 0 Å². The Hall–Kier alpha value is -1.18. The van der Waals surface area contributed by atoms with Gasteiger partial charge in [-0.05, 0) is 12.8 Å². The first-order valence-corrected chi connectivity index (χ1v) is 8.68. The Labute approximate surface area is 137 Å². The number of ether oxygens (including phenoxy) is 2. The van der Waals surface area contributed by atoms with E-state index in [2.05, 4.69) is 4.90 Å². The Morgan fingerprint density at radius 1 is 0.870 bits per heavy atom. The van der Waals surface area contributed by atoms with Crippen LogP contribution >= 0.6 is 0 Å². The van der Waals surface area contributed by atoms with Crippen molar-refractivity contribution in [3.05, 3.63) is 0 Å². The second-order valence-electron chi connectivity index (χ2n) is 6.51. The minimum Gasteiger partial charge on any atom is -0.381 e. The Morgan fingerprint density at radius 3 is 2.43 bits per heavy atom. The van der Waals surface area contributed by atoms with Crippen molar-refractivity contribution in [1.82, 2.24) is 14.7 Å². The number of hydrogen-bond donors (Lipinski definition) is 0. The van der Waals surface area contributed by atoms with Gasteiger partial charge in [-0.3, -0.25) is 14.5 Å². The predicted octanol–water partition coefficient (Wildman–Crippen LogP) is -0.584. The second-order valence-corrected chi connectivity index (χ2v) is 6.51. The number of rotatable bonds is 3. The van der Waals surface area contributed by atoms with Crippen LogP contribution in [0.5, 0.6) is 0 Å². The number of carbonyl (C=O) groups is 2. The second kappa shape index (κ2) is 8.08. The molecule has 3 heterocycles. The zero-order chi connectivity index (χ0) is 16.1. The monoisotopic (exact) mass is 325 g/mol.